The number of hydrogen-bond acceptors (Lipinski definition) is 4. The van der Waals surface area contributed by atoms with Crippen molar-refractivity contribution in [3.05, 3.63) is 53.6 Å². The van der Waals surface area contributed by atoms with Gasteiger partial charge in [-0.2, -0.15) is 0 Å². The molecule has 5 heteroatoms. The molecular weight excluding hydrogens is 318 g/mol. The van der Waals surface area contributed by atoms with Crippen molar-refractivity contribution in [1.82, 2.24) is 5.32 Å². The van der Waals surface area contributed by atoms with E-state index in [1.807, 2.05) is 45.0 Å². The molecule has 1 amide bonds. The lowest BCUT2D eigenvalue weighted by Crippen LogP contribution is -2.26. The van der Waals surface area contributed by atoms with Gasteiger partial charge in [-0.25, -0.2) is 0 Å². The predicted octanol–water partition coefficient (Wildman–Crippen LogP) is 3.98. The van der Waals surface area contributed by atoms with E-state index >= 15 is 0 Å². The summed E-state index contributed by atoms with van der Waals surface area (Å²) in [5.41, 5.74) is 1.54. The van der Waals surface area contributed by atoms with Crippen LogP contribution >= 0.6 is 0 Å². The van der Waals surface area contributed by atoms with Gasteiger partial charge in [0.25, 0.3) is 5.91 Å². The zero-order valence-corrected chi connectivity index (χ0v) is 15.2. The maximum absolute atomic E-state index is 12.5. The third-order valence-corrected chi connectivity index (χ3v) is 3.77. The van der Waals surface area contributed by atoms with Crippen LogP contribution in [0.25, 0.3) is 0 Å². The van der Waals surface area contributed by atoms with Crippen molar-refractivity contribution in [3.8, 4) is 17.2 Å². The molecule has 0 aliphatic rings. The zero-order chi connectivity index (χ0) is 18.2. The average molecular weight is 343 g/mol. The van der Waals surface area contributed by atoms with Crippen LogP contribution in [0.5, 0.6) is 17.2 Å². The lowest BCUT2D eigenvalue weighted by molar-refractivity contribution is 0.0939. The molecule has 1 atom stereocenters. The quantitative estimate of drug-likeness (QED) is 0.787. The van der Waals surface area contributed by atoms with Crippen LogP contribution in [0.3, 0.4) is 0 Å². The van der Waals surface area contributed by atoms with Gasteiger partial charge in [0.05, 0.1) is 26.4 Å². The first-order valence-corrected chi connectivity index (χ1v) is 8.43. The van der Waals surface area contributed by atoms with Gasteiger partial charge in [0, 0.05) is 5.56 Å². The summed E-state index contributed by atoms with van der Waals surface area (Å²) in [5, 5.41) is 2.99. The van der Waals surface area contributed by atoms with Crippen LogP contribution in [0.15, 0.2) is 42.5 Å². The summed E-state index contributed by atoms with van der Waals surface area (Å²) >= 11 is 0. The lowest BCUT2D eigenvalue weighted by Gasteiger charge is -2.16. The van der Waals surface area contributed by atoms with E-state index in [0.717, 1.165) is 11.3 Å². The summed E-state index contributed by atoms with van der Waals surface area (Å²) in [6.07, 6.45) is 0. The highest BCUT2D eigenvalue weighted by Gasteiger charge is 2.14. The van der Waals surface area contributed by atoms with Crippen molar-refractivity contribution in [3.63, 3.8) is 0 Å². The molecule has 2 aromatic carbocycles. The van der Waals surface area contributed by atoms with Crippen LogP contribution in [0, 0.1) is 0 Å². The fourth-order valence-electron chi connectivity index (χ4n) is 2.45. The van der Waals surface area contributed by atoms with E-state index in [2.05, 4.69) is 5.32 Å². The Morgan fingerprint density at radius 2 is 1.64 bits per heavy atom. The summed E-state index contributed by atoms with van der Waals surface area (Å²) in [6.45, 7) is 6.80. The molecule has 0 heterocycles. The molecule has 0 spiro atoms. The fourth-order valence-corrected chi connectivity index (χ4v) is 2.45. The molecule has 0 saturated heterocycles. The Kier molecular flexibility index (Phi) is 6.69. The summed E-state index contributed by atoms with van der Waals surface area (Å²) in [5.74, 6) is 1.85. The van der Waals surface area contributed by atoms with Crippen molar-refractivity contribution >= 4 is 5.91 Å². The standard InChI is InChI=1S/C20H25NO4/c1-5-24-18-12-9-16(13-19(18)25-6-2)20(22)21-14(3)15-7-10-17(23-4)11-8-15/h7-14H,5-6H2,1-4H3,(H,21,22)/t14-/m1/s1. The smallest absolute Gasteiger partial charge is 0.251 e. The highest BCUT2D eigenvalue weighted by molar-refractivity contribution is 5.95. The van der Waals surface area contributed by atoms with Gasteiger partial charge in [-0.1, -0.05) is 12.1 Å². The Hall–Kier alpha value is -2.69. The first-order chi connectivity index (χ1) is 12.1. The van der Waals surface area contributed by atoms with E-state index in [9.17, 15) is 4.79 Å². The highest BCUT2D eigenvalue weighted by Crippen LogP contribution is 2.29. The Labute approximate surface area is 148 Å². The first-order valence-electron chi connectivity index (χ1n) is 8.43. The van der Waals surface area contributed by atoms with Crippen LogP contribution in [0.2, 0.25) is 0 Å². The molecule has 0 saturated carbocycles. The van der Waals surface area contributed by atoms with Gasteiger partial charge in [-0.05, 0) is 56.7 Å². The average Bonchev–Trinajstić information content (AvgIpc) is 2.63. The highest BCUT2D eigenvalue weighted by atomic mass is 16.5. The van der Waals surface area contributed by atoms with Crippen LogP contribution in [0.1, 0.15) is 42.7 Å². The largest absolute Gasteiger partial charge is 0.497 e. The van der Waals surface area contributed by atoms with Crippen LogP contribution in [-0.4, -0.2) is 26.2 Å². The molecule has 0 aliphatic carbocycles. The molecule has 0 unspecified atom stereocenters. The molecule has 25 heavy (non-hydrogen) atoms. The van der Waals surface area contributed by atoms with Crippen LogP contribution < -0.4 is 19.5 Å². The zero-order valence-electron chi connectivity index (χ0n) is 15.2. The number of nitrogens with one attached hydrogen (secondary N) is 1. The number of methoxy groups -OCH3 is 1. The van der Waals surface area contributed by atoms with Gasteiger partial charge in [0.15, 0.2) is 11.5 Å². The fraction of sp³-hybridized carbons (Fsp3) is 0.350. The molecule has 0 radical (unpaired) electrons. The maximum atomic E-state index is 12.5. The minimum atomic E-state index is -0.160. The second-order valence-electron chi connectivity index (χ2n) is 5.50. The van der Waals surface area contributed by atoms with Crippen molar-refractivity contribution in [2.45, 2.75) is 26.8 Å². The minimum absolute atomic E-state index is 0.125. The van der Waals surface area contributed by atoms with Gasteiger partial charge < -0.3 is 19.5 Å². The Bertz CT molecular complexity index is 697. The number of carbonyl (C=O) groups excluding carboxylic acids is 1. The van der Waals surface area contributed by atoms with Crippen molar-refractivity contribution in [2.75, 3.05) is 20.3 Å². The normalized spacial score (nSPS) is 11.5. The van der Waals surface area contributed by atoms with E-state index in [-0.39, 0.29) is 11.9 Å². The molecule has 1 N–H and O–H groups in total. The Morgan fingerprint density at radius 1 is 1.00 bits per heavy atom. The number of amides is 1. The number of ether oxygens (including phenoxy) is 3. The van der Waals surface area contributed by atoms with Crippen molar-refractivity contribution in [1.29, 1.82) is 0 Å². The molecule has 0 aliphatic heterocycles. The van der Waals surface area contributed by atoms with E-state index < -0.39 is 0 Å². The molecule has 2 rings (SSSR count). The number of rotatable bonds is 8. The summed E-state index contributed by atoms with van der Waals surface area (Å²) in [4.78, 5) is 12.5. The Balaban J connectivity index is 2.12. The monoisotopic (exact) mass is 343 g/mol. The molecule has 0 fully saturated rings. The summed E-state index contributed by atoms with van der Waals surface area (Å²) in [7, 11) is 1.63. The third-order valence-electron chi connectivity index (χ3n) is 3.77. The Morgan fingerprint density at radius 3 is 2.24 bits per heavy atom. The van der Waals surface area contributed by atoms with Crippen LogP contribution in [0.4, 0.5) is 0 Å². The first kappa shape index (κ1) is 18.6. The topological polar surface area (TPSA) is 56.8 Å². The second kappa shape index (κ2) is 8.97. The van der Waals surface area contributed by atoms with E-state index in [4.69, 9.17) is 14.2 Å². The molecule has 134 valence electrons. The summed E-state index contributed by atoms with van der Waals surface area (Å²) < 4.78 is 16.3. The minimum Gasteiger partial charge on any atom is -0.497 e. The van der Waals surface area contributed by atoms with Gasteiger partial charge >= 0.3 is 0 Å². The summed E-state index contributed by atoms with van der Waals surface area (Å²) in [6, 6.07) is 12.7. The number of hydrogen-bond donors (Lipinski definition) is 1. The molecule has 5 nitrogen and oxygen atoms in total. The predicted molar refractivity (Wildman–Crippen MR) is 97.7 cm³/mol. The molecule has 0 bridgehead atoms. The molecule has 2 aromatic rings. The van der Waals surface area contributed by atoms with E-state index in [1.54, 1.807) is 25.3 Å². The SMILES string of the molecule is CCOc1ccc(C(=O)N[C@H](C)c2ccc(OC)cc2)cc1OCC. The molecule has 0 aromatic heterocycles. The van der Waals surface area contributed by atoms with Crippen LogP contribution in [-0.2, 0) is 0 Å². The van der Waals surface area contributed by atoms with Crippen molar-refractivity contribution < 1.29 is 19.0 Å². The van der Waals surface area contributed by atoms with Gasteiger partial charge in [0.1, 0.15) is 5.75 Å². The van der Waals surface area contributed by atoms with Gasteiger partial charge in [-0.3, -0.25) is 4.79 Å². The third kappa shape index (κ3) is 4.89. The maximum Gasteiger partial charge on any atom is 0.251 e. The second-order valence-corrected chi connectivity index (χ2v) is 5.50. The number of benzene rings is 2. The van der Waals surface area contributed by atoms with Gasteiger partial charge in [0.2, 0.25) is 0 Å². The van der Waals surface area contributed by atoms with Crippen molar-refractivity contribution in [2.24, 2.45) is 0 Å². The van der Waals surface area contributed by atoms with E-state index in [1.165, 1.54) is 0 Å². The molecular formula is C20H25NO4. The van der Waals surface area contributed by atoms with E-state index in [0.29, 0.717) is 30.3 Å². The lowest BCUT2D eigenvalue weighted by atomic mass is 10.1. The number of carbonyl (C=O) groups is 1. The van der Waals surface area contributed by atoms with Gasteiger partial charge in [-0.15, -0.1) is 0 Å².